The van der Waals surface area contributed by atoms with Crippen molar-refractivity contribution in [2.24, 2.45) is 0 Å². The quantitative estimate of drug-likeness (QED) is 0.789. The lowest BCUT2D eigenvalue weighted by Crippen LogP contribution is -2.37. The first-order valence-electron chi connectivity index (χ1n) is 8.58. The van der Waals surface area contributed by atoms with Crippen molar-refractivity contribution >= 4 is 13.3 Å². The Balaban J connectivity index is 1.55. The molecule has 0 aromatic heterocycles. The van der Waals surface area contributed by atoms with Gasteiger partial charge in [-0.3, -0.25) is 9.80 Å². The van der Waals surface area contributed by atoms with Crippen molar-refractivity contribution in [1.82, 2.24) is 9.80 Å². The standard InChI is InChI=1S/C18H30N2Si/c1-21(2,3)18-8-6-16(7-9-18)14-19-13-10-17(15-19)20-11-4-5-12-20/h6-9,17H,4-5,10-15H2,1-3H3. The summed E-state index contributed by atoms with van der Waals surface area (Å²) in [5.41, 5.74) is 1.49. The maximum absolute atomic E-state index is 2.72. The molecule has 0 radical (unpaired) electrons. The van der Waals surface area contributed by atoms with Crippen molar-refractivity contribution in [3.63, 3.8) is 0 Å². The number of benzene rings is 1. The predicted octanol–water partition coefficient (Wildman–Crippen LogP) is 2.90. The van der Waals surface area contributed by atoms with E-state index < -0.39 is 8.07 Å². The van der Waals surface area contributed by atoms with E-state index in [1.54, 1.807) is 5.19 Å². The molecule has 0 N–H and O–H groups in total. The molecule has 0 bridgehead atoms. The summed E-state index contributed by atoms with van der Waals surface area (Å²) in [6.45, 7) is 13.6. The zero-order chi connectivity index (χ0) is 14.9. The van der Waals surface area contributed by atoms with E-state index in [-0.39, 0.29) is 0 Å². The fraction of sp³-hybridized carbons (Fsp3) is 0.667. The zero-order valence-corrected chi connectivity index (χ0v) is 14.9. The first-order valence-corrected chi connectivity index (χ1v) is 12.1. The normalized spacial score (nSPS) is 24.8. The molecular weight excluding hydrogens is 272 g/mol. The minimum Gasteiger partial charge on any atom is -0.299 e. The van der Waals surface area contributed by atoms with Crippen LogP contribution in [0, 0.1) is 0 Å². The van der Waals surface area contributed by atoms with Crippen molar-refractivity contribution < 1.29 is 0 Å². The topological polar surface area (TPSA) is 6.48 Å². The second-order valence-electron chi connectivity index (χ2n) is 7.87. The third kappa shape index (κ3) is 3.76. The van der Waals surface area contributed by atoms with Crippen LogP contribution in [0.3, 0.4) is 0 Å². The lowest BCUT2D eigenvalue weighted by molar-refractivity contribution is 0.230. The molecule has 0 saturated carbocycles. The van der Waals surface area contributed by atoms with Gasteiger partial charge in [0.05, 0.1) is 8.07 Å². The van der Waals surface area contributed by atoms with Gasteiger partial charge in [-0.15, -0.1) is 0 Å². The van der Waals surface area contributed by atoms with Crippen LogP contribution >= 0.6 is 0 Å². The highest BCUT2D eigenvalue weighted by Crippen LogP contribution is 2.21. The summed E-state index contributed by atoms with van der Waals surface area (Å²) in [5, 5.41) is 1.57. The molecule has 21 heavy (non-hydrogen) atoms. The highest BCUT2D eigenvalue weighted by Gasteiger charge is 2.29. The van der Waals surface area contributed by atoms with Gasteiger partial charge in [0.15, 0.2) is 0 Å². The second kappa shape index (κ2) is 6.23. The van der Waals surface area contributed by atoms with E-state index in [0.717, 1.165) is 12.6 Å². The Morgan fingerprint density at radius 3 is 2.29 bits per heavy atom. The monoisotopic (exact) mass is 302 g/mol. The highest BCUT2D eigenvalue weighted by atomic mass is 28.3. The van der Waals surface area contributed by atoms with Gasteiger partial charge in [0.1, 0.15) is 0 Å². The van der Waals surface area contributed by atoms with Crippen molar-refractivity contribution in [2.75, 3.05) is 26.2 Å². The van der Waals surface area contributed by atoms with Gasteiger partial charge < -0.3 is 0 Å². The molecule has 2 nitrogen and oxygen atoms in total. The van der Waals surface area contributed by atoms with E-state index in [1.807, 2.05) is 0 Å². The minimum atomic E-state index is -1.15. The van der Waals surface area contributed by atoms with Gasteiger partial charge in [0.25, 0.3) is 0 Å². The second-order valence-corrected chi connectivity index (χ2v) is 12.9. The molecule has 1 unspecified atom stereocenters. The van der Waals surface area contributed by atoms with E-state index in [1.165, 1.54) is 51.0 Å². The molecule has 1 aromatic carbocycles. The summed E-state index contributed by atoms with van der Waals surface area (Å²) in [6, 6.07) is 10.3. The average molecular weight is 303 g/mol. The van der Waals surface area contributed by atoms with E-state index in [2.05, 4.69) is 53.7 Å². The molecule has 2 aliphatic rings. The van der Waals surface area contributed by atoms with Crippen molar-refractivity contribution in [3.8, 4) is 0 Å². The summed E-state index contributed by atoms with van der Waals surface area (Å²) in [7, 11) is -1.15. The Labute approximate surface area is 131 Å². The zero-order valence-electron chi connectivity index (χ0n) is 13.9. The van der Waals surface area contributed by atoms with Crippen molar-refractivity contribution in [1.29, 1.82) is 0 Å². The first-order chi connectivity index (χ1) is 10.0. The molecule has 0 amide bonds. The van der Waals surface area contributed by atoms with E-state index >= 15 is 0 Å². The van der Waals surface area contributed by atoms with E-state index in [0.29, 0.717) is 0 Å². The fourth-order valence-electron chi connectivity index (χ4n) is 3.73. The van der Waals surface area contributed by atoms with Crippen LogP contribution in [-0.2, 0) is 6.54 Å². The number of hydrogen-bond acceptors (Lipinski definition) is 2. The third-order valence-corrected chi connectivity index (χ3v) is 7.20. The number of rotatable bonds is 4. The molecule has 2 saturated heterocycles. The lowest BCUT2D eigenvalue weighted by atomic mass is 10.2. The first kappa shape index (κ1) is 15.3. The smallest absolute Gasteiger partial charge is 0.0775 e. The molecule has 0 aliphatic carbocycles. The molecule has 2 fully saturated rings. The van der Waals surface area contributed by atoms with Gasteiger partial charge in [0.2, 0.25) is 0 Å². The number of likely N-dealkylation sites (tertiary alicyclic amines) is 2. The molecular formula is C18H30N2Si. The van der Waals surface area contributed by atoms with Gasteiger partial charge in [-0.1, -0.05) is 49.1 Å². The van der Waals surface area contributed by atoms with Gasteiger partial charge in [-0.2, -0.15) is 0 Å². The lowest BCUT2D eigenvalue weighted by Gasteiger charge is -2.24. The Morgan fingerprint density at radius 1 is 1.00 bits per heavy atom. The molecule has 1 atom stereocenters. The maximum atomic E-state index is 2.72. The van der Waals surface area contributed by atoms with Crippen LogP contribution in [0.15, 0.2) is 24.3 Å². The van der Waals surface area contributed by atoms with Crippen LogP contribution in [0.4, 0.5) is 0 Å². The van der Waals surface area contributed by atoms with Gasteiger partial charge in [-0.05, 0) is 37.9 Å². The largest absolute Gasteiger partial charge is 0.299 e. The number of hydrogen-bond donors (Lipinski definition) is 0. The summed E-state index contributed by atoms with van der Waals surface area (Å²) in [4.78, 5) is 5.36. The van der Waals surface area contributed by atoms with Crippen LogP contribution < -0.4 is 5.19 Å². The van der Waals surface area contributed by atoms with Crippen LogP contribution in [0.25, 0.3) is 0 Å². The average Bonchev–Trinajstić information content (AvgIpc) is 3.08. The maximum Gasteiger partial charge on any atom is 0.0775 e. The highest BCUT2D eigenvalue weighted by molar-refractivity contribution is 6.88. The predicted molar refractivity (Wildman–Crippen MR) is 93.9 cm³/mol. The molecule has 3 rings (SSSR count). The molecule has 0 spiro atoms. The Kier molecular flexibility index (Phi) is 4.53. The molecule has 1 aromatic rings. The van der Waals surface area contributed by atoms with Crippen LogP contribution in [0.2, 0.25) is 19.6 Å². The minimum absolute atomic E-state index is 0.828. The van der Waals surface area contributed by atoms with Gasteiger partial charge >= 0.3 is 0 Å². The van der Waals surface area contributed by atoms with Crippen molar-refractivity contribution in [3.05, 3.63) is 29.8 Å². The van der Waals surface area contributed by atoms with E-state index in [9.17, 15) is 0 Å². The Bertz CT molecular complexity index is 457. The van der Waals surface area contributed by atoms with Crippen LogP contribution in [0.5, 0.6) is 0 Å². The van der Waals surface area contributed by atoms with E-state index in [4.69, 9.17) is 0 Å². The molecule has 116 valence electrons. The summed E-state index contributed by atoms with van der Waals surface area (Å²) >= 11 is 0. The molecule has 2 heterocycles. The molecule has 2 aliphatic heterocycles. The number of nitrogens with zero attached hydrogens (tertiary/aromatic N) is 2. The molecule has 3 heteroatoms. The van der Waals surface area contributed by atoms with Crippen LogP contribution in [-0.4, -0.2) is 50.1 Å². The summed E-state index contributed by atoms with van der Waals surface area (Å²) in [6.07, 6.45) is 4.19. The SMILES string of the molecule is C[Si](C)(C)c1ccc(CN2CCC(N3CCCC3)C2)cc1. The van der Waals surface area contributed by atoms with Crippen molar-refractivity contribution in [2.45, 2.75) is 51.5 Å². The fourth-order valence-corrected chi connectivity index (χ4v) is 4.90. The summed E-state index contributed by atoms with van der Waals surface area (Å²) in [5.74, 6) is 0. The third-order valence-electron chi connectivity index (χ3n) is 5.13. The van der Waals surface area contributed by atoms with Crippen LogP contribution in [0.1, 0.15) is 24.8 Å². The Hall–Kier alpha value is -0.643. The van der Waals surface area contributed by atoms with Gasteiger partial charge in [0, 0.05) is 25.7 Å². The summed E-state index contributed by atoms with van der Waals surface area (Å²) < 4.78 is 0. The van der Waals surface area contributed by atoms with Gasteiger partial charge in [-0.25, -0.2) is 0 Å². The Morgan fingerprint density at radius 2 is 1.67 bits per heavy atom.